The summed E-state index contributed by atoms with van der Waals surface area (Å²) in [5.41, 5.74) is 11.1. The maximum Gasteiger partial charge on any atom is 0.213 e. The van der Waals surface area contributed by atoms with Crippen molar-refractivity contribution < 1.29 is 4.57 Å². The number of rotatable bonds is 1. The van der Waals surface area contributed by atoms with Gasteiger partial charge in [0.05, 0.1) is 5.56 Å². The molecule has 3 aromatic rings. The van der Waals surface area contributed by atoms with Gasteiger partial charge in [0.1, 0.15) is 7.05 Å². The van der Waals surface area contributed by atoms with Crippen LogP contribution in [0.5, 0.6) is 0 Å². The zero-order valence-corrected chi connectivity index (χ0v) is 15.1. The van der Waals surface area contributed by atoms with Crippen LogP contribution in [-0.2, 0) is 12.5 Å². The highest BCUT2D eigenvalue weighted by molar-refractivity contribution is 5.93. The summed E-state index contributed by atoms with van der Waals surface area (Å²) in [5.74, 6) is 0. The fraction of sp³-hybridized carbons (Fsp3) is 0.261. The Balaban J connectivity index is 2.18. The van der Waals surface area contributed by atoms with Crippen LogP contribution in [0.1, 0.15) is 36.1 Å². The van der Waals surface area contributed by atoms with E-state index in [0.29, 0.717) is 0 Å². The van der Waals surface area contributed by atoms with Crippen LogP contribution in [0.15, 0.2) is 54.7 Å². The number of fused-ring (bicyclic) bond motifs is 3. The SMILES string of the molecule is Cc1cc2c(c(-c3cccc[n+]3C)c1C)-c1ccccc1C2(C)C. The Hall–Kier alpha value is -2.41. The van der Waals surface area contributed by atoms with Gasteiger partial charge in [-0.05, 0) is 47.7 Å². The smallest absolute Gasteiger partial charge is 0.201 e. The number of nitrogens with zero attached hydrogens (tertiary/aromatic N) is 1. The van der Waals surface area contributed by atoms with E-state index in [4.69, 9.17) is 0 Å². The van der Waals surface area contributed by atoms with Crippen molar-refractivity contribution in [3.8, 4) is 22.4 Å². The molecule has 1 heteroatoms. The van der Waals surface area contributed by atoms with Gasteiger partial charge in [0.25, 0.3) is 0 Å². The second-order valence-corrected chi connectivity index (χ2v) is 7.48. The van der Waals surface area contributed by atoms with Crippen LogP contribution in [0.2, 0.25) is 0 Å². The van der Waals surface area contributed by atoms with E-state index in [1.54, 1.807) is 0 Å². The fourth-order valence-corrected chi connectivity index (χ4v) is 4.18. The van der Waals surface area contributed by atoms with Crippen LogP contribution in [0.4, 0.5) is 0 Å². The van der Waals surface area contributed by atoms with Gasteiger partial charge in [-0.15, -0.1) is 0 Å². The first-order valence-electron chi connectivity index (χ1n) is 8.62. The van der Waals surface area contributed by atoms with Gasteiger partial charge in [-0.25, -0.2) is 4.57 Å². The van der Waals surface area contributed by atoms with E-state index in [0.717, 1.165) is 0 Å². The molecule has 1 aliphatic carbocycles. The number of aryl methyl sites for hydroxylation is 2. The van der Waals surface area contributed by atoms with Crippen LogP contribution in [0.3, 0.4) is 0 Å². The van der Waals surface area contributed by atoms with Gasteiger partial charge in [0.2, 0.25) is 5.69 Å². The summed E-state index contributed by atoms with van der Waals surface area (Å²) >= 11 is 0. The lowest BCUT2D eigenvalue weighted by Gasteiger charge is -2.23. The molecule has 0 aliphatic heterocycles. The van der Waals surface area contributed by atoms with Crippen molar-refractivity contribution in [3.05, 3.63) is 77.0 Å². The lowest BCUT2D eigenvalue weighted by molar-refractivity contribution is -0.660. The minimum absolute atomic E-state index is 0.0481. The summed E-state index contributed by atoms with van der Waals surface area (Å²) in [6.45, 7) is 9.19. The fourth-order valence-electron chi connectivity index (χ4n) is 4.18. The summed E-state index contributed by atoms with van der Waals surface area (Å²) in [6, 6.07) is 17.7. The topological polar surface area (TPSA) is 3.88 Å². The molecule has 120 valence electrons. The first-order chi connectivity index (χ1) is 11.4. The molecule has 0 N–H and O–H groups in total. The maximum absolute atomic E-state index is 2.40. The van der Waals surface area contributed by atoms with Crippen LogP contribution < -0.4 is 4.57 Å². The number of pyridine rings is 1. The average Bonchev–Trinajstić information content (AvgIpc) is 2.78. The van der Waals surface area contributed by atoms with Gasteiger partial charge in [-0.1, -0.05) is 44.2 Å². The van der Waals surface area contributed by atoms with Crippen LogP contribution in [-0.4, -0.2) is 0 Å². The van der Waals surface area contributed by atoms with Crippen molar-refractivity contribution in [1.29, 1.82) is 0 Å². The minimum atomic E-state index is 0.0481. The molecule has 1 heterocycles. The molecule has 0 saturated heterocycles. The molecule has 0 saturated carbocycles. The summed E-state index contributed by atoms with van der Waals surface area (Å²) < 4.78 is 2.23. The standard InChI is InChI=1S/C23H24N/c1-15-14-19-22(17-10-6-7-11-18(17)23(19,3)4)21(16(15)2)20-12-8-9-13-24(20)5/h6-14H,1-5H3/q+1. The van der Waals surface area contributed by atoms with Gasteiger partial charge in [-0.2, -0.15) is 0 Å². The number of hydrogen-bond acceptors (Lipinski definition) is 0. The minimum Gasteiger partial charge on any atom is -0.201 e. The highest BCUT2D eigenvalue weighted by Crippen LogP contribution is 2.52. The molecule has 0 amide bonds. The monoisotopic (exact) mass is 314 g/mol. The van der Waals surface area contributed by atoms with E-state index in [9.17, 15) is 0 Å². The predicted octanol–water partition coefficient (Wildman–Crippen LogP) is 5.10. The van der Waals surface area contributed by atoms with Crippen LogP contribution >= 0.6 is 0 Å². The first-order valence-corrected chi connectivity index (χ1v) is 8.62. The van der Waals surface area contributed by atoms with Crippen LogP contribution in [0, 0.1) is 13.8 Å². The summed E-state index contributed by atoms with van der Waals surface area (Å²) in [7, 11) is 2.13. The average molecular weight is 314 g/mol. The number of hydrogen-bond donors (Lipinski definition) is 0. The van der Waals surface area contributed by atoms with Gasteiger partial charge >= 0.3 is 0 Å². The van der Waals surface area contributed by atoms with Gasteiger partial charge in [-0.3, -0.25) is 0 Å². The molecular weight excluding hydrogens is 290 g/mol. The molecule has 4 rings (SSSR count). The van der Waals surface area contributed by atoms with E-state index in [-0.39, 0.29) is 5.41 Å². The number of benzene rings is 2. The summed E-state index contributed by atoms with van der Waals surface area (Å²) in [4.78, 5) is 0. The normalized spacial score (nSPS) is 14.4. The van der Waals surface area contributed by atoms with Gasteiger partial charge in [0, 0.05) is 23.1 Å². The molecule has 0 bridgehead atoms. The third-order valence-corrected chi connectivity index (χ3v) is 5.70. The molecule has 0 unspecified atom stereocenters. The lowest BCUT2D eigenvalue weighted by atomic mass is 9.80. The molecule has 0 spiro atoms. The van der Waals surface area contributed by atoms with E-state index in [1.165, 1.54) is 44.6 Å². The van der Waals surface area contributed by atoms with Gasteiger partial charge in [0.15, 0.2) is 6.20 Å². The highest BCUT2D eigenvalue weighted by Gasteiger charge is 2.38. The Morgan fingerprint density at radius 1 is 0.833 bits per heavy atom. The quantitative estimate of drug-likeness (QED) is 0.550. The van der Waals surface area contributed by atoms with Crippen molar-refractivity contribution in [1.82, 2.24) is 0 Å². The zero-order chi connectivity index (χ0) is 17.1. The zero-order valence-electron chi connectivity index (χ0n) is 15.1. The molecule has 2 aromatic carbocycles. The molecule has 1 aliphatic rings. The third kappa shape index (κ3) is 1.91. The molecule has 0 radical (unpaired) electrons. The van der Waals surface area contributed by atoms with Crippen molar-refractivity contribution >= 4 is 0 Å². The molecular formula is C23H24N+. The third-order valence-electron chi connectivity index (χ3n) is 5.70. The highest BCUT2D eigenvalue weighted by atomic mass is 14.9. The molecule has 0 fully saturated rings. The molecule has 0 atom stereocenters. The molecule has 24 heavy (non-hydrogen) atoms. The van der Waals surface area contributed by atoms with Crippen molar-refractivity contribution in [2.75, 3.05) is 0 Å². The molecule has 1 aromatic heterocycles. The van der Waals surface area contributed by atoms with E-state index < -0.39 is 0 Å². The summed E-state index contributed by atoms with van der Waals surface area (Å²) in [5, 5.41) is 0. The summed E-state index contributed by atoms with van der Waals surface area (Å²) in [6.07, 6.45) is 2.13. The Bertz CT molecular complexity index is 964. The second-order valence-electron chi connectivity index (χ2n) is 7.48. The Morgan fingerprint density at radius 3 is 2.29 bits per heavy atom. The lowest BCUT2D eigenvalue weighted by Crippen LogP contribution is -2.30. The maximum atomic E-state index is 2.40. The largest absolute Gasteiger partial charge is 0.213 e. The Labute approximate surface area is 144 Å². The van der Waals surface area contributed by atoms with E-state index in [2.05, 4.69) is 94.0 Å². The van der Waals surface area contributed by atoms with E-state index in [1.807, 2.05) is 0 Å². The predicted molar refractivity (Wildman–Crippen MR) is 100 cm³/mol. The Kier molecular flexibility index (Phi) is 3.18. The van der Waals surface area contributed by atoms with Crippen molar-refractivity contribution in [3.63, 3.8) is 0 Å². The second kappa shape index (κ2) is 5.04. The molecule has 1 nitrogen and oxygen atoms in total. The van der Waals surface area contributed by atoms with Crippen molar-refractivity contribution in [2.24, 2.45) is 7.05 Å². The van der Waals surface area contributed by atoms with Gasteiger partial charge < -0.3 is 0 Å². The van der Waals surface area contributed by atoms with Crippen LogP contribution in [0.25, 0.3) is 22.4 Å². The first kappa shape index (κ1) is 15.1. The van der Waals surface area contributed by atoms with Crippen molar-refractivity contribution in [2.45, 2.75) is 33.1 Å². The number of aromatic nitrogens is 1. The van der Waals surface area contributed by atoms with E-state index >= 15 is 0 Å². The Morgan fingerprint density at radius 2 is 1.54 bits per heavy atom.